The maximum absolute atomic E-state index is 13.3. The molecule has 1 heterocycles. The van der Waals surface area contributed by atoms with Crippen LogP contribution in [0.2, 0.25) is 20.1 Å². The van der Waals surface area contributed by atoms with E-state index < -0.39 is 33.3 Å². The monoisotopic (exact) mass is 669 g/mol. The maximum Gasteiger partial charge on any atom is 0.338 e. The summed E-state index contributed by atoms with van der Waals surface area (Å²) in [5.74, 6) is -2.02. The van der Waals surface area contributed by atoms with Crippen molar-refractivity contribution in [1.82, 2.24) is 0 Å². The third-order valence-corrected chi connectivity index (χ3v) is 10.9. The lowest BCUT2D eigenvalue weighted by Gasteiger charge is -2.17. The van der Waals surface area contributed by atoms with E-state index in [0.717, 1.165) is 29.7 Å². The number of hydrogen-bond donors (Lipinski definition) is 3. The van der Waals surface area contributed by atoms with Gasteiger partial charge in [0.05, 0.1) is 42.0 Å². The molecule has 1 aromatic heterocycles. The number of aromatic carboxylic acids is 1. The van der Waals surface area contributed by atoms with Crippen molar-refractivity contribution >= 4 is 98.0 Å². The first-order chi connectivity index (χ1) is 19.5. The molecule has 0 saturated carbocycles. The van der Waals surface area contributed by atoms with Gasteiger partial charge in [-0.2, -0.15) is 5.26 Å². The molecule has 4 rings (SSSR count). The lowest BCUT2D eigenvalue weighted by atomic mass is 9.88. The molecule has 214 valence electrons. The van der Waals surface area contributed by atoms with Crippen LogP contribution in [0.15, 0.2) is 29.2 Å². The van der Waals surface area contributed by atoms with Gasteiger partial charge in [-0.1, -0.05) is 66.3 Å². The van der Waals surface area contributed by atoms with Crippen LogP contribution in [0.1, 0.15) is 63.4 Å². The topological polar surface area (TPSA) is 119 Å². The number of amides is 2. The highest BCUT2D eigenvalue weighted by atomic mass is 35.5. The Bertz CT molecular complexity index is 1600. The van der Waals surface area contributed by atoms with Crippen LogP contribution in [0.3, 0.4) is 0 Å². The zero-order valence-corrected chi connectivity index (χ0v) is 26.4. The number of rotatable bonds is 8. The van der Waals surface area contributed by atoms with Gasteiger partial charge in [-0.05, 0) is 55.4 Å². The number of nitriles is 1. The Hall–Kier alpha value is -2.45. The minimum Gasteiger partial charge on any atom is -0.478 e. The number of nitrogens with one attached hydrogen (secondary N) is 2. The van der Waals surface area contributed by atoms with E-state index in [-0.39, 0.29) is 21.0 Å². The van der Waals surface area contributed by atoms with Crippen LogP contribution in [-0.4, -0.2) is 28.1 Å². The summed E-state index contributed by atoms with van der Waals surface area (Å²) in [6.07, 6.45) is 3.27. The molecule has 3 aromatic rings. The number of carbonyl (C=O) groups excluding carboxylic acids is 2. The molecule has 0 saturated heterocycles. The van der Waals surface area contributed by atoms with E-state index in [2.05, 4.69) is 23.6 Å². The van der Waals surface area contributed by atoms with E-state index in [1.165, 1.54) is 23.1 Å². The van der Waals surface area contributed by atoms with E-state index in [9.17, 15) is 24.8 Å². The molecule has 2 aromatic carbocycles. The van der Waals surface area contributed by atoms with Crippen molar-refractivity contribution in [2.45, 2.75) is 49.7 Å². The normalized spacial score (nSPS) is 15.0. The van der Waals surface area contributed by atoms with Crippen LogP contribution in [0.4, 0.5) is 10.7 Å². The van der Waals surface area contributed by atoms with Gasteiger partial charge < -0.3 is 15.7 Å². The highest BCUT2D eigenvalue weighted by molar-refractivity contribution is 8.00. The van der Waals surface area contributed by atoms with Crippen molar-refractivity contribution in [2.24, 2.45) is 5.92 Å². The number of carbonyl (C=O) groups is 3. The zero-order chi connectivity index (χ0) is 30.0. The summed E-state index contributed by atoms with van der Waals surface area (Å²) in [7, 11) is 0. The number of fused-ring (bicyclic) bond motifs is 1. The van der Waals surface area contributed by atoms with E-state index in [4.69, 9.17) is 46.4 Å². The van der Waals surface area contributed by atoms with Gasteiger partial charge >= 0.3 is 5.97 Å². The Balaban J connectivity index is 1.52. The van der Waals surface area contributed by atoms with Gasteiger partial charge in [0.1, 0.15) is 11.1 Å². The molecule has 1 aliphatic rings. The van der Waals surface area contributed by atoms with Gasteiger partial charge in [-0.3, -0.25) is 9.59 Å². The van der Waals surface area contributed by atoms with Crippen LogP contribution < -0.4 is 10.6 Å². The average Bonchev–Trinajstić information content (AvgIpc) is 3.27. The van der Waals surface area contributed by atoms with Gasteiger partial charge in [0.25, 0.3) is 5.91 Å². The molecule has 0 aliphatic heterocycles. The van der Waals surface area contributed by atoms with Gasteiger partial charge in [0.15, 0.2) is 0 Å². The molecule has 7 nitrogen and oxygen atoms in total. The Morgan fingerprint density at radius 1 is 1.12 bits per heavy atom. The molecule has 0 fully saturated rings. The quantitative estimate of drug-likeness (QED) is 0.125. The smallest absolute Gasteiger partial charge is 0.338 e. The van der Waals surface area contributed by atoms with Gasteiger partial charge in [-0.25, -0.2) is 4.79 Å². The Labute approximate surface area is 265 Å². The summed E-state index contributed by atoms with van der Waals surface area (Å²) in [6, 6.07) is 9.00. The van der Waals surface area contributed by atoms with Crippen molar-refractivity contribution in [3.05, 3.63) is 71.5 Å². The maximum atomic E-state index is 13.3. The van der Waals surface area contributed by atoms with Gasteiger partial charge in [0.2, 0.25) is 5.91 Å². The summed E-state index contributed by atoms with van der Waals surface area (Å²) >= 11 is 27.1. The summed E-state index contributed by atoms with van der Waals surface area (Å²) in [4.78, 5) is 40.1. The molecule has 13 heteroatoms. The fraction of sp³-hybridized carbons (Fsp3) is 0.286. The standard InChI is InChI=1S/C28H23Cl4N3O4S2/c1-3-17(25(36)35-27-16(11-33)15-8-7-12(2)9-18(15)41-27)40-14-6-4-5-13(10-14)34-26(37)19-20(28(38)39)22(30)24(32)23(31)21(19)29/h4-6,10,12,17H,3,7-9H2,1-2H3,(H,34,37)(H,35,36)(H,38,39). The molecule has 0 bridgehead atoms. The summed E-state index contributed by atoms with van der Waals surface area (Å²) in [6.45, 7) is 4.07. The molecule has 0 spiro atoms. The molecule has 2 atom stereocenters. The molecule has 2 amide bonds. The molecular formula is C28H23Cl4N3O4S2. The summed E-state index contributed by atoms with van der Waals surface area (Å²) in [5, 5.41) is 23.9. The first kappa shape index (κ1) is 31.5. The van der Waals surface area contributed by atoms with E-state index >= 15 is 0 Å². The number of hydrogen-bond acceptors (Lipinski definition) is 6. The largest absolute Gasteiger partial charge is 0.478 e. The Morgan fingerprint density at radius 2 is 1.80 bits per heavy atom. The van der Waals surface area contributed by atoms with E-state index in [1.807, 2.05) is 6.92 Å². The van der Waals surface area contributed by atoms with Crippen molar-refractivity contribution in [1.29, 1.82) is 5.26 Å². The number of halogens is 4. The number of nitrogens with zero attached hydrogens (tertiary/aromatic N) is 1. The minimum absolute atomic E-state index is 0.224. The number of carboxylic acid groups (broad SMARTS) is 1. The highest BCUT2D eigenvalue weighted by Crippen LogP contribution is 2.42. The van der Waals surface area contributed by atoms with Crippen LogP contribution >= 0.6 is 69.5 Å². The van der Waals surface area contributed by atoms with Crippen LogP contribution in [-0.2, 0) is 17.6 Å². The molecule has 2 unspecified atom stereocenters. The second-order valence-corrected chi connectivity index (χ2v) is 13.4. The zero-order valence-electron chi connectivity index (χ0n) is 21.7. The first-order valence-electron chi connectivity index (χ1n) is 12.5. The third kappa shape index (κ3) is 6.64. The Morgan fingerprint density at radius 3 is 2.44 bits per heavy atom. The first-order valence-corrected chi connectivity index (χ1v) is 15.7. The third-order valence-electron chi connectivity index (χ3n) is 6.60. The number of thiophene rings is 1. The fourth-order valence-electron chi connectivity index (χ4n) is 4.52. The van der Waals surface area contributed by atoms with Crippen molar-refractivity contribution in [3.63, 3.8) is 0 Å². The second-order valence-electron chi connectivity index (χ2n) is 9.46. The lowest BCUT2D eigenvalue weighted by Crippen LogP contribution is -2.24. The number of thioether (sulfide) groups is 1. The molecule has 0 radical (unpaired) electrons. The van der Waals surface area contributed by atoms with Gasteiger partial charge in [0, 0.05) is 15.5 Å². The average molecular weight is 671 g/mol. The molecule has 41 heavy (non-hydrogen) atoms. The van der Waals surface area contributed by atoms with Crippen LogP contribution in [0, 0.1) is 17.2 Å². The highest BCUT2D eigenvalue weighted by Gasteiger charge is 2.30. The Kier molecular flexibility index (Phi) is 10.2. The number of benzene rings is 2. The van der Waals surface area contributed by atoms with E-state index in [0.29, 0.717) is 33.5 Å². The fourth-order valence-corrected chi connectivity index (χ4v) is 7.92. The molecule has 3 N–H and O–H groups in total. The van der Waals surface area contributed by atoms with E-state index in [1.54, 1.807) is 24.3 Å². The van der Waals surface area contributed by atoms with Crippen LogP contribution in [0.25, 0.3) is 0 Å². The number of carboxylic acids is 1. The molecule has 1 aliphatic carbocycles. The van der Waals surface area contributed by atoms with Crippen molar-refractivity contribution < 1.29 is 19.5 Å². The van der Waals surface area contributed by atoms with Gasteiger partial charge in [-0.15, -0.1) is 23.1 Å². The SMILES string of the molecule is CCC(Sc1cccc(NC(=O)c2c(Cl)c(Cl)c(Cl)c(Cl)c2C(=O)O)c1)C(=O)Nc1sc2c(c1C#N)CCC(C)C2. The van der Waals surface area contributed by atoms with Crippen LogP contribution in [0.5, 0.6) is 0 Å². The van der Waals surface area contributed by atoms with Crippen molar-refractivity contribution in [3.8, 4) is 6.07 Å². The summed E-state index contributed by atoms with van der Waals surface area (Å²) in [5.41, 5.74) is 0.930. The van der Waals surface area contributed by atoms with Crippen molar-refractivity contribution in [2.75, 3.05) is 10.6 Å². The predicted molar refractivity (Wildman–Crippen MR) is 167 cm³/mol. The lowest BCUT2D eigenvalue weighted by molar-refractivity contribution is -0.115. The number of anilines is 2. The molecular weight excluding hydrogens is 648 g/mol. The second kappa shape index (κ2) is 13.2. The minimum atomic E-state index is -1.50. The predicted octanol–water partition coefficient (Wildman–Crippen LogP) is 8.82. The summed E-state index contributed by atoms with van der Waals surface area (Å²) < 4.78 is 0.